The number of nitrogens with two attached hydrogens (primary N) is 1. The lowest BCUT2D eigenvalue weighted by Gasteiger charge is -2.23. The molecule has 1 unspecified atom stereocenters. The standard InChI is InChI=1S/C17H21N3OS3/c1-12-14(11-15(23-12)24-20-7-9-22-10-8-20)19-17(21)16(18)13-5-3-2-4-6-13/h2-6,11,16H,7-10,18H2,1H3,(H,19,21). The van der Waals surface area contributed by atoms with Crippen LogP contribution >= 0.6 is 35.0 Å². The van der Waals surface area contributed by atoms with E-state index in [1.807, 2.05) is 49.0 Å². The van der Waals surface area contributed by atoms with Crippen LogP contribution in [0.1, 0.15) is 16.5 Å². The molecule has 1 aliphatic heterocycles. The zero-order valence-electron chi connectivity index (χ0n) is 13.5. The summed E-state index contributed by atoms with van der Waals surface area (Å²) in [6, 6.07) is 10.9. The predicted molar refractivity (Wildman–Crippen MR) is 106 cm³/mol. The fourth-order valence-electron chi connectivity index (χ4n) is 2.41. The molecule has 0 radical (unpaired) electrons. The largest absolute Gasteiger partial charge is 0.323 e. The molecule has 3 rings (SSSR count). The molecular formula is C17H21N3OS3. The lowest BCUT2D eigenvalue weighted by molar-refractivity contribution is -0.117. The molecule has 0 bridgehead atoms. The number of aryl methyl sites for hydroxylation is 1. The molecule has 7 heteroatoms. The number of carbonyl (C=O) groups excluding carboxylic acids is 1. The second-order valence-corrected chi connectivity index (χ2v) is 9.42. The SMILES string of the molecule is Cc1sc(SN2CCSCC2)cc1NC(=O)C(N)c1ccccc1. The van der Waals surface area contributed by atoms with E-state index >= 15 is 0 Å². The van der Waals surface area contributed by atoms with Gasteiger partial charge in [0.25, 0.3) is 0 Å². The molecule has 1 saturated heterocycles. The third-order valence-electron chi connectivity index (χ3n) is 3.78. The van der Waals surface area contributed by atoms with Gasteiger partial charge in [0.15, 0.2) is 0 Å². The Morgan fingerprint density at radius 3 is 2.71 bits per heavy atom. The van der Waals surface area contributed by atoms with Crippen molar-refractivity contribution in [2.75, 3.05) is 29.9 Å². The van der Waals surface area contributed by atoms with E-state index < -0.39 is 6.04 Å². The molecule has 0 spiro atoms. The van der Waals surface area contributed by atoms with E-state index in [0.29, 0.717) is 0 Å². The van der Waals surface area contributed by atoms with Gasteiger partial charge < -0.3 is 11.1 Å². The van der Waals surface area contributed by atoms with Crippen LogP contribution in [-0.2, 0) is 4.79 Å². The van der Waals surface area contributed by atoms with Gasteiger partial charge in [0.1, 0.15) is 6.04 Å². The van der Waals surface area contributed by atoms with Crippen LogP contribution in [0.15, 0.2) is 40.6 Å². The first kappa shape index (κ1) is 17.8. The summed E-state index contributed by atoms with van der Waals surface area (Å²) in [5.74, 6) is 2.20. The lowest BCUT2D eigenvalue weighted by atomic mass is 10.1. The van der Waals surface area contributed by atoms with E-state index in [2.05, 4.69) is 15.7 Å². The fraction of sp³-hybridized carbons (Fsp3) is 0.353. The van der Waals surface area contributed by atoms with E-state index in [1.54, 1.807) is 23.3 Å². The molecule has 1 aliphatic rings. The Kier molecular flexibility index (Phi) is 6.24. The summed E-state index contributed by atoms with van der Waals surface area (Å²) in [6.07, 6.45) is 0. The van der Waals surface area contributed by atoms with Gasteiger partial charge in [-0.2, -0.15) is 11.8 Å². The molecule has 128 valence electrons. The predicted octanol–water partition coefficient (Wildman–Crippen LogP) is 3.75. The van der Waals surface area contributed by atoms with Crippen molar-refractivity contribution in [3.05, 3.63) is 46.8 Å². The molecule has 2 heterocycles. The Morgan fingerprint density at radius 2 is 2.00 bits per heavy atom. The highest BCUT2D eigenvalue weighted by Gasteiger charge is 2.19. The number of nitrogens with zero attached hydrogens (tertiary/aromatic N) is 1. The van der Waals surface area contributed by atoms with Crippen LogP contribution in [0.4, 0.5) is 5.69 Å². The molecule has 0 aliphatic carbocycles. The van der Waals surface area contributed by atoms with Crippen LogP contribution in [0, 0.1) is 6.92 Å². The van der Waals surface area contributed by atoms with Crippen molar-refractivity contribution in [3.63, 3.8) is 0 Å². The van der Waals surface area contributed by atoms with Crippen LogP contribution in [0.2, 0.25) is 0 Å². The zero-order chi connectivity index (χ0) is 16.9. The first-order chi connectivity index (χ1) is 11.6. The number of anilines is 1. The van der Waals surface area contributed by atoms with Gasteiger partial charge in [-0.05, 0) is 30.5 Å². The third-order valence-corrected chi connectivity index (χ3v) is 6.97. The molecule has 24 heavy (non-hydrogen) atoms. The third kappa shape index (κ3) is 4.55. The molecule has 2 aromatic rings. The van der Waals surface area contributed by atoms with E-state index in [0.717, 1.165) is 29.2 Å². The van der Waals surface area contributed by atoms with E-state index in [-0.39, 0.29) is 5.91 Å². The van der Waals surface area contributed by atoms with Crippen LogP contribution in [0.25, 0.3) is 0 Å². The van der Waals surface area contributed by atoms with Crippen LogP contribution in [-0.4, -0.2) is 34.8 Å². The van der Waals surface area contributed by atoms with Gasteiger partial charge in [0.05, 0.1) is 9.90 Å². The number of rotatable bonds is 5. The molecule has 1 aromatic carbocycles. The van der Waals surface area contributed by atoms with Gasteiger partial charge in [0.2, 0.25) is 5.91 Å². The van der Waals surface area contributed by atoms with Crippen LogP contribution in [0.3, 0.4) is 0 Å². The molecule has 4 nitrogen and oxygen atoms in total. The second-order valence-electron chi connectivity index (χ2n) is 5.55. The molecule has 1 aromatic heterocycles. The van der Waals surface area contributed by atoms with Crippen molar-refractivity contribution in [2.24, 2.45) is 5.73 Å². The fourth-order valence-corrected chi connectivity index (χ4v) is 5.87. The number of thiophene rings is 1. The van der Waals surface area contributed by atoms with Gasteiger partial charge in [-0.1, -0.05) is 30.3 Å². The maximum Gasteiger partial charge on any atom is 0.245 e. The van der Waals surface area contributed by atoms with Crippen molar-refractivity contribution in [2.45, 2.75) is 17.2 Å². The van der Waals surface area contributed by atoms with Gasteiger partial charge in [-0.25, -0.2) is 4.31 Å². The average Bonchev–Trinajstić information content (AvgIpc) is 2.95. The Hall–Kier alpha value is -0.990. The van der Waals surface area contributed by atoms with Crippen LogP contribution in [0.5, 0.6) is 0 Å². The summed E-state index contributed by atoms with van der Waals surface area (Å²) in [5, 5.41) is 2.98. The lowest BCUT2D eigenvalue weighted by Crippen LogP contribution is -2.27. The van der Waals surface area contributed by atoms with Crippen molar-refractivity contribution in [1.82, 2.24) is 4.31 Å². The smallest absolute Gasteiger partial charge is 0.245 e. The average molecular weight is 380 g/mol. The molecule has 1 fully saturated rings. The second kappa shape index (κ2) is 8.40. The topological polar surface area (TPSA) is 58.4 Å². The summed E-state index contributed by atoms with van der Waals surface area (Å²) in [7, 11) is 0. The van der Waals surface area contributed by atoms with Gasteiger partial charge in [-0.15, -0.1) is 11.3 Å². The minimum atomic E-state index is -0.652. The van der Waals surface area contributed by atoms with Gasteiger partial charge >= 0.3 is 0 Å². The molecule has 0 saturated carbocycles. The molecule has 1 atom stereocenters. The minimum Gasteiger partial charge on any atom is -0.323 e. The van der Waals surface area contributed by atoms with E-state index in [9.17, 15) is 4.79 Å². The monoisotopic (exact) mass is 379 g/mol. The van der Waals surface area contributed by atoms with E-state index in [4.69, 9.17) is 5.73 Å². The van der Waals surface area contributed by atoms with Crippen molar-refractivity contribution in [3.8, 4) is 0 Å². The highest BCUT2D eigenvalue weighted by molar-refractivity contribution is 8.00. The van der Waals surface area contributed by atoms with Crippen molar-refractivity contribution < 1.29 is 4.79 Å². The van der Waals surface area contributed by atoms with Crippen LogP contribution < -0.4 is 11.1 Å². The Labute approximate surface area is 155 Å². The van der Waals surface area contributed by atoms with Crippen molar-refractivity contribution >= 4 is 46.6 Å². The number of hydrogen-bond acceptors (Lipinski definition) is 6. The molecule has 1 amide bonds. The summed E-state index contributed by atoms with van der Waals surface area (Å²) in [5.41, 5.74) is 7.76. The maximum absolute atomic E-state index is 12.4. The highest BCUT2D eigenvalue weighted by Crippen LogP contribution is 2.36. The number of thioether (sulfide) groups is 1. The summed E-state index contributed by atoms with van der Waals surface area (Å²) < 4.78 is 3.60. The zero-order valence-corrected chi connectivity index (χ0v) is 16.0. The summed E-state index contributed by atoms with van der Waals surface area (Å²) >= 11 is 5.51. The van der Waals surface area contributed by atoms with Gasteiger partial charge in [0, 0.05) is 29.5 Å². The quantitative estimate of drug-likeness (QED) is 0.775. The normalized spacial score (nSPS) is 16.8. The van der Waals surface area contributed by atoms with Crippen molar-refractivity contribution in [1.29, 1.82) is 0 Å². The number of hydrogen-bond donors (Lipinski definition) is 2. The number of nitrogens with one attached hydrogen (secondary N) is 1. The Balaban J connectivity index is 1.63. The highest BCUT2D eigenvalue weighted by atomic mass is 32.2. The number of carbonyl (C=O) groups is 1. The Morgan fingerprint density at radius 1 is 1.29 bits per heavy atom. The maximum atomic E-state index is 12.4. The van der Waals surface area contributed by atoms with Gasteiger partial charge in [-0.3, -0.25) is 4.79 Å². The summed E-state index contributed by atoms with van der Waals surface area (Å²) in [4.78, 5) is 13.5. The number of amides is 1. The minimum absolute atomic E-state index is 0.173. The molecule has 3 N–H and O–H groups in total. The first-order valence-electron chi connectivity index (χ1n) is 7.86. The number of benzene rings is 1. The van der Waals surface area contributed by atoms with E-state index in [1.165, 1.54) is 15.7 Å². The Bertz CT molecular complexity index is 684. The summed E-state index contributed by atoms with van der Waals surface area (Å²) in [6.45, 7) is 4.24. The first-order valence-corrected chi connectivity index (χ1v) is 10.6. The molecular weight excluding hydrogens is 358 g/mol.